The maximum Gasteiger partial charge on any atom is 0.124 e. The molecule has 1 aliphatic heterocycles. The summed E-state index contributed by atoms with van der Waals surface area (Å²) in [5, 5.41) is 0.863. The van der Waals surface area contributed by atoms with Crippen LogP contribution in [0.2, 0.25) is 0 Å². The molecule has 1 saturated heterocycles. The Kier molecular flexibility index (Phi) is 7.68. The summed E-state index contributed by atoms with van der Waals surface area (Å²) >= 11 is 0. The maximum atomic E-state index is 13.8. The third-order valence-corrected chi connectivity index (χ3v) is 4.59. The number of hydrogen-bond acceptors (Lipinski definition) is 3. The van der Waals surface area contributed by atoms with Crippen molar-refractivity contribution < 1.29 is 4.39 Å². The molecule has 0 saturated carbocycles. The van der Waals surface area contributed by atoms with Gasteiger partial charge in [-0.25, -0.2) is 4.39 Å². The first kappa shape index (κ1) is 20.1. The van der Waals surface area contributed by atoms with E-state index in [0.717, 1.165) is 29.6 Å². The highest BCUT2D eigenvalue weighted by molar-refractivity contribution is 5.85. The van der Waals surface area contributed by atoms with Crippen LogP contribution in [0.1, 0.15) is 25.3 Å². The van der Waals surface area contributed by atoms with Gasteiger partial charge in [0, 0.05) is 30.7 Å². The molecule has 0 bridgehead atoms. The Morgan fingerprint density at radius 3 is 2.87 bits per heavy atom. The summed E-state index contributed by atoms with van der Waals surface area (Å²) in [6.07, 6.45) is 4.17. The Morgan fingerprint density at radius 2 is 2.13 bits per heavy atom. The largest absolute Gasteiger partial charge is 0.329 e. The Hall–Kier alpha value is -0.940. The monoisotopic (exact) mass is 359 g/mol. The lowest BCUT2D eigenvalue weighted by Gasteiger charge is -2.39. The van der Waals surface area contributed by atoms with Gasteiger partial charge in [0.1, 0.15) is 5.82 Å². The number of piperidine rings is 1. The summed E-state index contributed by atoms with van der Waals surface area (Å²) in [5.41, 5.74) is 7.80. The first-order valence-electron chi connectivity index (χ1n) is 7.66. The van der Waals surface area contributed by atoms with E-state index in [0.29, 0.717) is 18.5 Å². The van der Waals surface area contributed by atoms with E-state index >= 15 is 0 Å². The number of halogens is 3. The molecule has 2 atom stereocenters. The second kappa shape index (κ2) is 8.78. The predicted molar refractivity (Wildman–Crippen MR) is 97.8 cm³/mol. The van der Waals surface area contributed by atoms with E-state index in [1.54, 1.807) is 18.3 Å². The van der Waals surface area contributed by atoms with Gasteiger partial charge in [0.2, 0.25) is 0 Å². The van der Waals surface area contributed by atoms with Gasteiger partial charge in [-0.2, -0.15) is 0 Å². The standard InChI is InChI=1S/C17H22FN3.2ClH/c1-12-4-3-7-21(16(12)10-19)11-14-9-15(18)8-13-5-2-6-20-17(13)14;;/h2,5-6,8-9,12,16H,3-4,7,10-11,19H2,1H3;2*1H. The maximum absolute atomic E-state index is 13.8. The fourth-order valence-corrected chi connectivity index (χ4v) is 3.48. The zero-order chi connectivity index (χ0) is 14.8. The van der Waals surface area contributed by atoms with E-state index in [4.69, 9.17) is 5.73 Å². The van der Waals surface area contributed by atoms with Gasteiger partial charge in [0.15, 0.2) is 0 Å². The molecule has 2 aromatic rings. The third kappa shape index (κ3) is 4.32. The van der Waals surface area contributed by atoms with E-state index in [9.17, 15) is 4.39 Å². The molecule has 0 spiro atoms. The summed E-state index contributed by atoms with van der Waals surface area (Å²) in [5.74, 6) is 0.399. The highest BCUT2D eigenvalue weighted by atomic mass is 35.5. The summed E-state index contributed by atoms with van der Waals surface area (Å²) in [6.45, 7) is 4.65. The van der Waals surface area contributed by atoms with Crippen LogP contribution in [0.4, 0.5) is 4.39 Å². The minimum atomic E-state index is -0.195. The minimum Gasteiger partial charge on any atom is -0.329 e. The van der Waals surface area contributed by atoms with Crippen molar-refractivity contribution in [3.8, 4) is 0 Å². The molecule has 0 aliphatic carbocycles. The van der Waals surface area contributed by atoms with Crippen molar-refractivity contribution in [2.45, 2.75) is 32.4 Å². The molecule has 128 valence electrons. The van der Waals surface area contributed by atoms with Gasteiger partial charge in [-0.3, -0.25) is 9.88 Å². The van der Waals surface area contributed by atoms with Gasteiger partial charge in [-0.1, -0.05) is 13.0 Å². The van der Waals surface area contributed by atoms with E-state index in [1.807, 2.05) is 12.1 Å². The van der Waals surface area contributed by atoms with Crippen LogP contribution in [0.3, 0.4) is 0 Å². The summed E-state index contributed by atoms with van der Waals surface area (Å²) in [4.78, 5) is 6.82. The quantitative estimate of drug-likeness (QED) is 0.906. The van der Waals surface area contributed by atoms with Crippen LogP contribution in [0.5, 0.6) is 0 Å². The normalized spacial score (nSPS) is 21.5. The fraction of sp³-hybridized carbons (Fsp3) is 0.471. The minimum absolute atomic E-state index is 0. The number of rotatable bonds is 3. The van der Waals surface area contributed by atoms with Gasteiger partial charge in [-0.05, 0) is 49.1 Å². The zero-order valence-corrected chi connectivity index (χ0v) is 14.9. The highest BCUT2D eigenvalue weighted by Gasteiger charge is 2.27. The Labute approximate surface area is 149 Å². The number of nitrogens with two attached hydrogens (primary N) is 1. The van der Waals surface area contributed by atoms with Crippen molar-refractivity contribution in [2.75, 3.05) is 13.1 Å². The average molecular weight is 360 g/mol. The van der Waals surface area contributed by atoms with Crippen LogP contribution in [0, 0.1) is 11.7 Å². The van der Waals surface area contributed by atoms with Crippen LogP contribution in [-0.4, -0.2) is 29.0 Å². The summed E-state index contributed by atoms with van der Waals surface area (Å²) < 4.78 is 13.8. The van der Waals surface area contributed by atoms with Crippen LogP contribution < -0.4 is 5.73 Å². The van der Waals surface area contributed by atoms with Gasteiger partial charge in [-0.15, -0.1) is 24.8 Å². The lowest BCUT2D eigenvalue weighted by molar-refractivity contribution is 0.0994. The molecule has 1 fully saturated rings. The molecule has 2 N–H and O–H groups in total. The number of hydrogen-bond donors (Lipinski definition) is 1. The SMILES string of the molecule is CC1CCCN(Cc2cc(F)cc3cccnc23)C1CN.Cl.Cl. The Bertz CT molecular complexity index is 638. The smallest absolute Gasteiger partial charge is 0.124 e. The first-order chi connectivity index (χ1) is 10.2. The Morgan fingerprint density at radius 1 is 1.35 bits per heavy atom. The molecule has 1 aromatic heterocycles. The average Bonchev–Trinajstić information content (AvgIpc) is 2.47. The van der Waals surface area contributed by atoms with Crippen molar-refractivity contribution in [1.82, 2.24) is 9.88 Å². The lowest BCUT2D eigenvalue weighted by atomic mass is 9.90. The molecule has 23 heavy (non-hydrogen) atoms. The number of benzene rings is 1. The van der Waals surface area contributed by atoms with E-state index in [-0.39, 0.29) is 30.6 Å². The van der Waals surface area contributed by atoms with Crippen molar-refractivity contribution in [2.24, 2.45) is 11.7 Å². The second-order valence-corrected chi connectivity index (χ2v) is 6.03. The molecule has 1 aliphatic rings. The topological polar surface area (TPSA) is 42.2 Å². The van der Waals surface area contributed by atoms with Crippen LogP contribution in [0.15, 0.2) is 30.5 Å². The van der Waals surface area contributed by atoms with Crippen molar-refractivity contribution in [3.63, 3.8) is 0 Å². The molecule has 6 heteroatoms. The van der Waals surface area contributed by atoms with E-state index in [2.05, 4.69) is 16.8 Å². The van der Waals surface area contributed by atoms with Crippen molar-refractivity contribution in [3.05, 3.63) is 41.8 Å². The van der Waals surface area contributed by atoms with E-state index < -0.39 is 0 Å². The predicted octanol–water partition coefficient (Wildman–Crippen LogP) is 3.78. The number of likely N-dealkylation sites (tertiary alicyclic amines) is 1. The molecule has 0 radical (unpaired) electrons. The lowest BCUT2D eigenvalue weighted by Crippen LogP contribution is -2.48. The fourth-order valence-electron chi connectivity index (χ4n) is 3.48. The number of pyridine rings is 1. The molecular weight excluding hydrogens is 336 g/mol. The molecule has 2 unspecified atom stereocenters. The van der Waals surface area contributed by atoms with Gasteiger partial charge in [0.05, 0.1) is 5.52 Å². The molecule has 3 rings (SSSR count). The van der Waals surface area contributed by atoms with Gasteiger partial charge >= 0.3 is 0 Å². The van der Waals surface area contributed by atoms with Crippen LogP contribution >= 0.6 is 24.8 Å². The summed E-state index contributed by atoms with van der Waals surface area (Å²) in [7, 11) is 0. The van der Waals surface area contributed by atoms with Crippen LogP contribution in [-0.2, 0) is 6.54 Å². The molecule has 0 amide bonds. The summed E-state index contributed by atoms with van der Waals surface area (Å²) in [6, 6.07) is 7.29. The molecule has 2 heterocycles. The number of aromatic nitrogens is 1. The Balaban J connectivity index is 0.00000132. The third-order valence-electron chi connectivity index (χ3n) is 4.59. The molecular formula is C17H24Cl2FN3. The highest BCUT2D eigenvalue weighted by Crippen LogP contribution is 2.26. The first-order valence-corrected chi connectivity index (χ1v) is 7.66. The second-order valence-electron chi connectivity index (χ2n) is 6.03. The number of fused-ring (bicyclic) bond motifs is 1. The molecule has 3 nitrogen and oxygen atoms in total. The number of nitrogens with zero attached hydrogens (tertiary/aromatic N) is 2. The molecule has 1 aromatic carbocycles. The van der Waals surface area contributed by atoms with Crippen molar-refractivity contribution in [1.29, 1.82) is 0 Å². The zero-order valence-electron chi connectivity index (χ0n) is 13.2. The van der Waals surface area contributed by atoms with Crippen molar-refractivity contribution >= 4 is 35.7 Å². The van der Waals surface area contributed by atoms with Gasteiger partial charge < -0.3 is 5.73 Å². The van der Waals surface area contributed by atoms with Gasteiger partial charge in [0.25, 0.3) is 0 Å². The van der Waals surface area contributed by atoms with Crippen LogP contribution in [0.25, 0.3) is 10.9 Å². The van der Waals surface area contributed by atoms with E-state index in [1.165, 1.54) is 12.8 Å².